The second kappa shape index (κ2) is 7.42. The average molecular weight is 312 g/mol. The number of benzene rings is 1. The van der Waals surface area contributed by atoms with E-state index in [0.29, 0.717) is 13.0 Å². The number of aromatic nitrogens is 2. The molecule has 0 radical (unpaired) electrons. The Morgan fingerprint density at radius 3 is 2.78 bits per heavy atom. The lowest BCUT2D eigenvalue weighted by Gasteiger charge is -2.31. The van der Waals surface area contributed by atoms with E-state index < -0.39 is 0 Å². The normalized spacial score (nSPS) is 19.8. The molecule has 23 heavy (non-hydrogen) atoms. The van der Waals surface area contributed by atoms with E-state index in [9.17, 15) is 4.79 Å². The summed E-state index contributed by atoms with van der Waals surface area (Å²) in [6, 6.07) is 10.5. The molecule has 2 aromatic rings. The molecule has 1 aromatic carbocycles. The number of carbonyl (C=O) groups excluding carboxylic acids is 1. The van der Waals surface area contributed by atoms with Gasteiger partial charge in [-0.3, -0.25) is 9.69 Å². The van der Waals surface area contributed by atoms with Gasteiger partial charge in [0.2, 0.25) is 5.91 Å². The number of hydrogen-bond donors (Lipinski definition) is 1. The van der Waals surface area contributed by atoms with Crippen LogP contribution in [0.5, 0.6) is 0 Å². The zero-order valence-corrected chi connectivity index (χ0v) is 13.6. The van der Waals surface area contributed by atoms with Gasteiger partial charge < -0.3 is 9.88 Å². The van der Waals surface area contributed by atoms with Gasteiger partial charge in [0.15, 0.2) is 0 Å². The minimum absolute atomic E-state index is 0.257. The Hall–Kier alpha value is -2.14. The zero-order valence-electron chi connectivity index (χ0n) is 13.6. The summed E-state index contributed by atoms with van der Waals surface area (Å²) >= 11 is 0. The van der Waals surface area contributed by atoms with Crippen LogP contribution in [0.15, 0.2) is 42.9 Å². The van der Waals surface area contributed by atoms with Crippen molar-refractivity contribution in [2.45, 2.75) is 38.9 Å². The predicted molar refractivity (Wildman–Crippen MR) is 89.6 cm³/mol. The number of imidazole rings is 1. The van der Waals surface area contributed by atoms with Crippen molar-refractivity contribution in [3.8, 4) is 0 Å². The van der Waals surface area contributed by atoms with E-state index in [-0.39, 0.29) is 11.9 Å². The molecule has 1 saturated heterocycles. The summed E-state index contributed by atoms with van der Waals surface area (Å²) in [5.74, 6) is 0.257. The Bertz CT molecular complexity index is 611. The largest absolute Gasteiger partial charge is 0.347 e. The summed E-state index contributed by atoms with van der Waals surface area (Å²) in [4.78, 5) is 24.2. The predicted octanol–water partition coefficient (Wildman–Crippen LogP) is 2.42. The second-order valence-electron chi connectivity index (χ2n) is 6.13. The molecule has 1 amide bonds. The van der Waals surface area contributed by atoms with Crippen LogP contribution in [0, 0.1) is 0 Å². The maximum Gasteiger partial charge on any atom is 0.224 e. The monoisotopic (exact) mass is 312 g/mol. The van der Waals surface area contributed by atoms with E-state index in [0.717, 1.165) is 31.7 Å². The van der Waals surface area contributed by atoms with Gasteiger partial charge in [-0.1, -0.05) is 37.3 Å². The zero-order chi connectivity index (χ0) is 16.1. The highest BCUT2D eigenvalue weighted by Crippen LogP contribution is 2.18. The van der Waals surface area contributed by atoms with Crippen LogP contribution >= 0.6 is 0 Å². The van der Waals surface area contributed by atoms with Crippen LogP contribution in [-0.2, 0) is 17.9 Å². The fourth-order valence-corrected chi connectivity index (χ4v) is 3.19. The molecule has 0 spiro atoms. The summed E-state index contributed by atoms with van der Waals surface area (Å²) in [7, 11) is 0. The average Bonchev–Trinajstić information content (AvgIpc) is 3.04. The summed E-state index contributed by atoms with van der Waals surface area (Å²) in [5.41, 5.74) is 2.30. The first-order valence-corrected chi connectivity index (χ1v) is 8.29. The first-order valence-electron chi connectivity index (χ1n) is 8.29. The lowest BCUT2D eigenvalue weighted by atomic mass is 10.1. The molecule has 5 nitrogen and oxygen atoms in total. The van der Waals surface area contributed by atoms with Crippen molar-refractivity contribution >= 4 is 5.91 Å². The third-order valence-electron chi connectivity index (χ3n) is 4.49. The van der Waals surface area contributed by atoms with Crippen LogP contribution in [-0.4, -0.2) is 44.8 Å². The van der Waals surface area contributed by atoms with E-state index in [1.807, 2.05) is 24.4 Å². The number of nitrogens with one attached hydrogen (secondary N) is 1. The first kappa shape index (κ1) is 15.7. The minimum atomic E-state index is 0.257. The van der Waals surface area contributed by atoms with Crippen LogP contribution in [0.1, 0.15) is 31.0 Å². The maximum atomic E-state index is 12.6. The van der Waals surface area contributed by atoms with Crippen molar-refractivity contribution in [1.82, 2.24) is 19.8 Å². The summed E-state index contributed by atoms with van der Waals surface area (Å²) in [6.45, 7) is 5.41. The van der Waals surface area contributed by atoms with Crippen molar-refractivity contribution in [2.24, 2.45) is 0 Å². The number of carbonyl (C=O) groups is 1. The van der Waals surface area contributed by atoms with Gasteiger partial charge in [-0.15, -0.1) is 0 Å². The van der Waals surface area contributed by atoms with Gasteiger partial charge in [0.1, 0.15) is 0 Å². The van der Waals surface area contributed by atoms with Crippen molar-refractivity contribution in [2.75, 3.05) is 13.1 Å². The van der Waals surface area contributed by atoms with E-state index in [4.69, 9.17) is 0 Å². The maximum absolute atomic E-state index is 12.6. The standard InChI is InChI=1S/C18H24N4O/c1-2-17-13-21(12-16-10-19-14-20-16)9-8-18(23)22(17)11-15-6-4-3-5-7-15/h3-7,10,14,17H,2,8-9,11-13H2,1H3,(H,19,20). The number of rotatable bonds is 5. The van der Waals surface area contributed by atoms with Gasteiger partial charge in [-0.05, 0) is 12.0 Å². The summed E-state index contributed by atoms with van der Waals surface area (Å²) in [6.07, 6.45) is 5.11. The molecule has 3 rings (SSSR count). The van der Waals surface area contributed by atoms with Gasteiger partial charge >= 0.3 is 0 Å². The van der Waals surface area contributed by atoms with Gasteiger partial charge in [0.25, 0.3) is 0 Å². The highest BCUT2D eigenvalue weighted by Gasteiger charge is 2.28. The van der Waals surface area contributed by atoms with Crippen molar-refractivity contribution in [3.05, 3.63) is 54.1 Å². The molecule has 0 saturated carbocycles. The first-order chi connectivity index (χ1) is 11.3. The Labute approximate surface area is 137 Å². The molecule has 5 heteroatoms. The quantitative estimate of drug-likeness (QED) is 0.922. The SMILES string of the molecule is CCC1CN(Cc2cnc[nH]2)CCC(=O)N1Cc1ccccc1. The van der Waals surface area contributed by atoms with E-state index >= 15 is 0 Å². The molecule has 0 aliphatic carbocycles. The molecule has 1 fully saturated rings. The lowest BCUT2D eigenvalue weighted by Crippen LogP contribution is -2.42. The molecular formula is C18H24N4O. The van der Waals surface area contributed by atoms with Gasteiger partial charge in [-0.25, -0.2) is 4.98 Å². The summed E-state index contributed by atoms with van der Waals surface area (Å²) in [5, 5.41) is 0. The molecule has 2 heterocycles. The number of amides is 1. The van der Waals surface area contributed by atoms with Gasteiger partial charge in [0, 0.05) is 50.5 Å². The van der Waals surface area contributed by atoms with Crippen molar-refractivity contribution in [1.29, 1.82) is 0 Å². The smallest absolute Gasteiger partial charge is 0.224 e. The topological polar surface area (TPSA) is 52.2 Å². The van der Waals surface area contributed by atoms with Crippen molar-refractivity contribution in [3.63, 3.8) is 0 Å². The molecule has 1 N–H and O–H groups in total. The number of H-pyrrole nitrogens is 1. The van der Waals surface area contributed by atoms with Crippen LogP contribution in [0.2, 0.25) is 0 Å². The molecule has 122 valence electrons. The molecule has 1 unspecified atom stereocenters. The van der Waals surface area contributed by atoms with Crippen LogP contribution in [0.25, 0.3) is 0 Å². The number of hydrogen-bond acceptors (Lipinski definition) is 3. The molecule has 1 aliphatic heterocycles. The van der Waals surface area contributed by atoms with Crippen molar-refractivity contribution < 1.29 is 4.79 Å². The molecular weight excluding hydrogens is 288 g/mol. The molecule has 1 atom stereocenters. The molecule has 0 bridgehead atoms. The third kappa shape index (κ3) is 3.99. The molecule has 1 aliphatic rings. The number of nitrogens with zero attached hydrogens (tertiary/aromatic N) is 3. The fourth-order valence-electron chi connectivity index (χ4n) is 3.19. The van der Waals surface area contributed by atoms with Gasteiger partial charge in [0.05, 0.1) is 6.33 Å². The van der Waals surface area contributed by atoms with E-state index in [1.54, 1.807) is 6.33 Å². The second-order valence-corrected chi connectivity index (χ2v) is 6.13. The summed E-state index contributed by atoms with van der Waals surface area (Å²) < 4.78 is 0. The Morgan fingerprint density at radius 2 is 2.09 bits per heavy atom. The Kier molecular flexibility index (Phi) is 5.08. The fraction of sp³-hybridized carbons (Fsp3) is 0.444. The van der Waals surface area contributed by atoms with Crippen LogP contribution in [0.4, 0.5) is 0 Å². The third-order valence-corrected chi connectivity index (χ3v) is 4.49. The minimum Gasteiger partial charge on any atom is -0.347 e. The Balaban J connectivity index is 1.71. The van der Waals surface area contributed by atoms with Crippen LogP contribution in [0.3, 0.4) is 0 Å². The highest BCUT2D eigenvalue weighted by molar-refractivity contribution is 5.77. The molecule has 1 aromatic heterocycles. The van der Waals surface area contributed by atoms with E-state index in [2.05, 4.69) is 38.8 Å². The lowest BCUT2D eigenvalue weighted by molar-refractivity contribution is -0.133. The Morgan fingerprint density at radius 1 is 1.26 bits per heavy atom. The van der Waals surface area contributed by atoms with E-state index in [1.165, 1.54) is 5.56 Å². The number of aromatic amines is 1. The highest BCUT2D eigenvalue weighted by atomic mass is 16.2. The van der Waals surface area contributed by atoms with Crippen LogP contribution < -0.4 is 0 Å². The van der Waals surface area contributed by atoms with Gasteiger partial charge in [-0.2, -0.15) is 0 Å².